The van der Waals surface area contributed by atoms with Crippen LogP contribution in [0.25, 0.3) is 0 Å². The summed E-state index contributed by atoms with van der Waals surface area (Å²) in [5, 5.41) is 14.7. The van der Waals surface area contributed by atoms with E-state index in [0.29, 0.717) is 35.1 Å². The van der Waals surface area contributed by atoms with Crippen LogP contribution in [0.5, 0.6) is 0 Å². The summed E-state index contributed by atoms with van der Waals surface area (Å²) in [6.07, 6.45) is 3.31. The van der Waals surface area contributed by atoms with Gasteiger partial charge in [-0.3, -0.25) is 19.5 Å². The fraction of sp³-hybridized carbons (Fsp3) is 0.406. The van der Waals surface area contributed by atoms with Gasteiger partial charge in [0.05, 0.1) is 27.5 Å². The molecule has 2 N–H and O–H groups in total. The smallest absolute Gasteiger partial charge is 0.253 e. The molecule has 9 heteroatoms. The number of carbonyl (C=O) groups is 2. The molecule has 1 aromatic heterocycles. The van der Waals surface area contributed by atoms with Crippen LogP contribution < -0.4 is 5.32 Å². The first-order valence-corrected chi connectivity index (χ1v) is 14.9. The summed E-state index contributed by atoms with van der Waals surface area (Å²) in [6, 6.07) is 15.0. The Kier molecular flexibility index (Phi) is 9.29. The number of nitrogens with zero attached hydrogens (tertiary/aromatic N) is 3. The second kappa shape index (κ2) is 12.9. The average Bonchev–Trinajstić information content (AvgIpc) is 2.97. The van der Waals surface area contributed by atoms with Gasteiger partial charge in [0.2, 0.25) is 5.91 Å². The van der Waals surface area contributed by atoms with Crippen LogP contribution in [0.15, 0.2) is 48.5 Å². The number of fused-ring (bicyclic) bond motifs is 2. The van der Waals surface area contributed by atoms with Gasteiger partial charge in [-0.05, 0) is 62.1 Å². The largest absolute Gasteiger partial charge is 0.387 e. The van der Waals surface area contributed by atoms with Gasteiger partial charge < -0.3 is 15.3 Å². The molecule has 3 aromatic rings. The van der Waals surface area contributed by atoms with Gasteiger partial charge in [-0.15, -0.1) is 0 Å². The summed E-state index contributed by atoms with van der Waals surface area (Å²) < 4.78 is 0. The lowest BCUT2D eigenvalue weighted by Crippen LogP contribution is -2.36. The molecule has 2 aliphatic rings. The number of aliphatic hydroxyl groups is 1. The number of likely N-dealkylation sites (N-methyl/N-ethyl adjacent to an activating group) is 1. The number of halogens is 2. The monoisotopic (exact) mass is 594 g/mol. The van der Waals surface area contributed by atoms with E-state index < -0.39 is 6.10 Å². The van der Waals surface area contributed by atoms with E-state index in [1.807, 2.05) is 55.6 Å². The lowest BCUT2D eigenvalue weighted by Gasteiger charge is -2.34. The van der Waals surface area contributed by atoms with Crippen LogP contribution in [0.4, 0.5) is 5.69 Å². The van der Waals surface area contributed by atoms with Crippen molar-refractivity contribution in [3.05, 3.63) is 92.2 Å². The molecule has 41 heavy (non-hydrogen) atoms. The van der Waals surface area contributed by atoms with Crippen molar-refractivity contribution in [3.8, 4) is 0 Å². The van der Waals surface area contributed by atoms with E-state index in [2.05, 4.69) is 10.2 Å². The van der Waals surface area contributed by atoms with Crippen LogP contribution in [0.2, 0.25) is 10.0 Å². The molecule has 2 atom stereocenters. The number of nitrogens with one attached hydrogen (secondary N) is 1. The minimum absolute atomic E-state index is 0.0273. The van der Waals surface area contributed by atoms with Crippen molar-refractivity contribution in [1.29, 1.82) is 0 Å². The third kappa shape index (κ3) is 6.75. The molecule has 1 aliphatic carbocycles. The number of anilines is 1. The van der Waals surface area contributed by atoms with Gasteiger partial charge in [-0.2, -0.15) is 0 Å². The van der Waals surface area contributed by atoms with Crippen LogP contribution in [-0.2, 0) is 24.2 Å². The maximum Gasteiger partial charge on any atom is 0.253 e. The highest BCUT2D eigenvalue weighted by atomic mass is 35.5. The third-order valence-corrected chi connectivity index (χ3v) is 8.89. The zero-order valence-corrected chi connectivity index (χ0v) is 25.0. The van der Waals surface area contributed by atoms with E-state index >= 15 is 0 Å². The molecule has 2 heterocycles. The minimum Gasteiger partial charge on any atom is -0.387 e. The number of carbonyl (C=O) groups excluding carboxylic acids is 2. The maximum absolute atomic E-state index is 13.2. The van der Waals surface area contributed by atoms with Gasteiger partial charge in [0, 0.05) is 68.3 Å². The fourth-order valence-electron chi connectivity index (χ4n) is 6.02. The Labute approximate surface area is 251 Å². The molecule has 216 valence electrons. The Morgan fingerprint density at radius 2 is 1.90 bits per heavy atom. The molecule has 2 unspecified atom stereocenters. The van der Waals surface area contributed by atoms with Crippen LogP contribution in [0, 0.1) is 0 Å². The van der Waals surface area contributed by atoms with Crippen molar-refractivity contribution in [2.75, 3.05) is 32.0 Å². The summed E-state index contributed by atoms with van der Waals surface area (Å²) in [5.41, 5.74) is 6.21. The summed E-state index contributed by atoms with van der Waals surface area (Å²) in [6.45, 7) is 4.32. The number of aliphatic hydroxyl groups excluding tert-OH is 1. The molecule has 0 saturated carbocycles. The van der Waals surface area contributed by atoms with E-state index in [0.717, 1.165) is 72.5 Å². The van der Waals surface area contributed by atoms with Crippen LogP contribution in [0.3, 0.4) is 0 Å². The molecule has 1 aliphatic heterocycles. The van der Waals surface area contributed by atoms with E-state index in [9.17, 15) is 14.7 Å². The summed E-state index contributed by atoms with van der Waals surface area (Å²) in [4.78, 5) is 34.4. The molecular formula is C32H36Cl2N4O3. The van der Waals surface area contributed by atoms with E-state index in [4.69, 9.17) is 28.2 Å². The van der Waals surface area contributed by atoms with Gasteiger partial charge in [0.25, 0.3) is 5.91 Å². The van der Waals surface area contributed by atoms with Gasteiger partial charge in [-0.1, -0.05) is 47.5 Å². The number of hydrogen-bond donors (Lipinski definition) is 2. The molecule has 2 aromatic carbocycles. The van der Waals surface area contributed by atoms with Crippen LogP contribution >= 0.6 is 23.2 Å². The van der Waals surface area contributed by atoms with E-state index in [1.165, 1.54) is 6.92 Å². The molecule has 0 spiro atoms. The lowest BCUT2D eigenvalue weighted by atomic mass is 9.88. The van der Waals surface area contributed by atoms with Crippen LogP contribution in [0.1, 0.15) is 76.6 Å². The molecule has 5 rings (SSSR count). The Morgan fingerprint density at radius 3 is 2.63 bits per heavy atom. The van der Waals surface area contributed by atoms with Crippen molar-refractivity contribution in [3.63, 3.8) is 0 Å². The van der Waals surface area contributed by atoms with Crippen LogP contribution in [-0.4, -0.2) is 58.4 Å². The summed E-state index contributed by atoms with van der Waals surface area (Å²) in [5.74, 6) is -0.112. The highest BCUT2D eigenvalue weighted by Crippen LogP contribution is 2.38. The Hall–Kier alpha value is -2.97. The predicted octanol–water partition coefficient (Wildman–Crippen LogP) is 6.02. The second-order valence-corrected chi connectivity index (χ2v) is 11.9. The molecule has 2 amide bonds. The van der Waals surface area contributed by atoms with Crippen molar-refractivity contribution in [2.24, 2.45) is 0 Å². The zero-order valence-electron chi connectivity index (χ0n) is 23.5. The highest BCUT2D eigenvalue weighted by molar-refractivity contribution is 6.42. The van der Waals surface area contributed by atoms with Crippen molar-refractivity contribution in [2.45, 2.75) is 57.6 Å². The first-order chi connectivity index (χ1) is 19.7. The van der Waals surface area contributed by atoms with Gasteiger partial charge in [0.1, 0.15) is 0 Å². The fourth-order valence-corrected chi connectivity index (χ4v) is 6.32. The molecular weight excluding hydrogens is 559 g/mol. The first kappa shape index (κ1) is 29.5. The first-order valence-electron chi connectivity index (χ1n) is 14.2. The summed E-state index contributed by atoms with van der Waals surface area (Å²) in [7, 11) is 1.83. The predicted molar refractivity (Wildman–Crippen MR) is 163 cm³/mol. The third-order valence-electron chi connectivity index (χ3n) is 8.15. The SMILES string of the molecule is CC(=O)Nc1c2c(nc3c1CCCC3O)CCN(CCC(CN(C)C(=O)c1ccccc1)c1ccc(Cl)c(Cl)c1)C2. The number of rotatable bonds is 8. The van der Waals surface area contributed by atoms with Crippen molar-refractivity contribution < 1.29 is 14.7 Å². The Bertz CT molecular complexity index is 1430. The number of hydrogen-bond acceptors (Lipinski definition) is 5. The topological polar surface area (TPSA) is 85.8 Å². The number of aromatic nitrogens is 1. The molecule has 0 bridgehead atoms. The van der Waals surface area contributed by atoms with E-state index in [-0.39, 0.29) is 17.7 Å². The highest BCUT2D eigenvalue weighted by Gasteiger charge is 2.30. The Balaban J connectivity index is 1.36. The van der Waals surface area contributed by atoms with E-state index in [1.54, 1.807) is 4.90 Å². The number of benzene rings is 2. The molecule has 0 fully saturated rings. The standard InChI is InChI=1S/C32H36Cl2N4O3/c1-20(39)35-30-24-9-6-10-29(40)31(24)36-28-14-16-38(19-25(28)30)15-13-23(22-11-12-26(33)27(34)17-22)18-37(2)32(41)21-7-4-3-5-8-21/h3-5,7-8,11-12,17,23,29,40H,6,9-10,13-16,18-19H2,1-2H3,(H,35,36,39). The summed E-state index contributed by atoms with van der Waals surface area (Å²) >= 11 is 12.6. The van der Waals surface area contributed by atoms with Crippen molar-refractivity contribution in [1.82, 2.24) is 14.8 Å². The number of amides is 2. The quantitative estimate of drug-likeness (QED) is 0.333. The maximum atomic E-state index is 13.2. The van der Waals surface area contributed by atoms with Gasteiger partial charge in [0.15, 0.2) is 0 Å². The lowest BCUT2D eigenvalue weighted by molar-refractivity contribution is -0.114. The zero-order chi connectivity index (χ0) is 29.1. The minimum atomic E-state index is -0.586. The van der Waals surface area contributed by atoms with Crippen molar-refractivity contribution >= 4 is 40.7 Å². The molecule has 7 nitrogen and oxygen atoms in total. The molecule has 0 saturated heterocycles. The second-order valence-electron chi connectivity index (χ2n) is 11.1. The van der Waals surface area contributed by atoms with Gasteiger partial charge >= 0.3 is 0 Å². The Morgan fingerprint density at radius 1 is 1.12 bits per heavy atom. The average molecular weight is 596 g/mol. The molecule has 0 radical (unpaired) electrons. The van der Waals surface area contributed by atoms with Gasteiger partial charge in [-0.25, -0.2) is 0 Å². The normalized spacial score (nSPS) is 17.3. The number of pyridine rings is 1.